The topological polar surface area (TPSA) is 87.7 Å². The number of anilines is 1. The second-order valence-corrected chi connectivity index (χ2v) is 6.93. The summed E-state index contributed by atoms with van der Waals surface area (Å²) in [5.74, 6) is -0.259. The molecule has 0 aliphatic carbocycles. The second-order valence-electron chi connectivity index (χ2n) is 6.52. The molecule has 0 atom stereocenters. The van der Waals surface area contributed by atoms with Gasteiger partial charge < -0.3 is 20.3 Å². The van der Waals surface area contributed by atoms with Crippen LogP contribution in [0, 0.1) is 0 Å². The Kier molecular flexibility index (Phi) is 9.09. The number of likely N-dealkylation sites (N-methyl/N-ethyl adjacent to an activating group) is 1. The van der Waals surface area contributed by atoms with Gasteiger partial charge in [0.1, 0.15) is 5.75 Å². The highest BCUT2D eigenvalue weighted by Gasteiger charge is 2.12. The number of carbonyl (C=O) groups is 3. The zero-order chi connectivity index (χ0) is 22.8. The Morgan fingerprint density at radius 1 is 1.06 bits per heavy atom. The monoisotopic (exact) mass is 443 g/mol. The van der Waals surface area contributed by atoms with Gasteiger partial charge in [-0.1, -0.05) is 23.7 Å². The van der Waals surface area contributed by atoms with E-state index in [1.807, 2.05) is 13.8 Å². The zero-order valence-electron chi connectivity index (χ0n) is 17.8. The summed E-state index contributed by atoms with van der Waals surface area (Å²) >= 11 is 6.22. The molecule has 0 saturated heterocycles. The Hall–Kier alpha value is -3.32. The van der Waals surface area contributed by atoms with Crippen LogP contribution < -0.4 is 15.4 Å². The van der Waals surface area contributed by atoms with Gasteiger partial charge >= 0.3 is 0 Å². The van der Waals surface area contributed by atoms with Crippen LogP contribution in [0.1, 0.15) is 29.8 Å². The number of halogens is 1. The standard InChI is InChI=1S/C23H26ClN3O4/c1-4-27(5-2)22(29)15-31-20-12-11-18(14-19(20)24)26-21(28)13-8-16-6-9-17(10-7-16)23(30)25-3/h6-14H,4-5,15H2,1-3H3,(H,25,30)(H,26,28)/b13-8+. The summed E-state index contributed by atoms with van der Waals surface area (Å²) in [4.78, 5) is 37.4. The Balaban J connectivity index is 1.93. The van der Waals surface area contributed by atoms with Crippen molar-refractivity contribution < 1.29 is 19.1 Å². The molecule has 0 aliphatic rings. The van der Waals surface area contributed by atoms with Crippen LogP contribution in [0.3, 0.4) is 0 Å². The van der Waals surface area contributed by atoms with Crippen LogP contribution in [-0.2, 0) is 9.59 Å². The first-order valence-corrected chi connectivity index (χ1v) is 10.3. The van der Waals surface area contributed by atoms with E-state index in [0.29, 0.717) is 35.1 Å². The van der Waals surface area contributed by atoms with Crippen molar-refractivity contribution in [2.75, 3.05) is 32.1 Å². The average molecular weight is 444 g/mol. The van der Waals surface area contributed by atoms with Gasteiger partial charge in [0.15, 0.2) is 6.61 Å². The largest absolute Gasteiger partial charge is 0.482 e. The molecule has 2 rings (SSSR count). The summed E-state index contributed by atoms with van der Waals surface area (Å²) in [7, 11) is 1.57. The molecule has 164 valence electrons. The summed E-state index contributed by atoms with van der Waals surface area (Å²) in [5.41, 5.74) is 1.82. The van der Waals surface area contributed by atoms with E-state index >= 15 is 0 Å². The van der Waals surface area contributed by atoms with Crippen molar-refractivity contribution in [1.29, 1.82) is 0 Å². The van der Waals surface area contributed by atoms with E-state index in [0.717, 1.165) is 5.56 Å². The molecular weight excluding hydrogens is 418 g/mol. The highest BCUT2D eigenvalue weighted by molar-refractivity contribution is 6.32. The maximum absolute atomic E-state index is 12.2. The molecule has 0 unspecified atom stereocenters. The quantitative estimate of drug-likeness (QED) is 0.579. The van der Waals surface area contributed by atoms with Gasteiger partial charge in [0.05, 0.1) is 5.02 Å². The van der Waals surface area contributed by atoms with Crippen molar-refractivity contribution in [1.82, 2.24) is 10.2 Å². The van der Waals surface area contributed by atoms with Gasteiger partial charge in [0.25, 0.3) is 11.8 Å². The molecule has 3 amide bonds. The number of ether oxygens (including phenoxy) is 1. The van der Waals surface area contributed by atoms with Crippen molar-refractivity contribution in [3.63, 3.8) is 0 Å². The van der Waals surface area contributed by atoms with E-state index in [2.05, 4.69) is 10.6 Å². The van der Waals surface area contributed by atoms with Crippen LogP contribution in [0.15, 0.2) is 48.5 Å². The van der Waals surface area contributed by atoms with Crippen molar-refractivity contribution in [2.24, 2.45) is 0 Å². The Labute approximate surface area is 187 Å². The molecule has 0 radical (unpaired) electrons. The van der Waals surface area contributed by atoms with Crippen molar-refractivity contribution in [3.05, 3.63) is 64.7 Å². The van der Waals surface area contributed by atoms with E-state index in [-0.39, 0.29) is 24.3 Å². The predicted molar refractivity (Wildman–Crippen MR) is 122 cm³/mol. The molecule has 0 spiro atoms. The minimum Gasteiger partial charge on any atom is -0.482 e. The molecule has 0 heterocycles. The van der Waals surface area contributed by atoms with Crippen LogP contribution in [0.2, 0.25) is 5.02 Å². The molecule has 0 bridgehead atoms. The molecular formula is C23H26ClN3O4. The van der Waals surface area contributed by atoms with Gasteiger partial charge in [-0.15, -0.1) is 0 Å². The Morgan fingerprint density at radius 2 is 1.74 bits per heavy atom. The highest BCUT2D eigenvalue weighted by atomic mass is 35.5. The lowest BCUT2D eigenvalue weighted by Gasteiger charge is -2.19. The zero-order valence-corrected chi connectivity index (χ0v) is 18.5. The van der Waals surface area contributed by atoms with Crippen molar-refractivity contribution in [3.8, 4) is 5.75 Å². The number of amides is 3. The van der Waals surface area contributed by atoms with Gasteiger partial charge in [-0.25, -0.2) is 0 Å². The summed E-state index contributed by atoms with van der Waals surface area (Å²) in [6.07, 6.45) is 3.02. The van der Waals surface area contributed by atoms with Crippen LogP contribution in [0.25, 0.3) is 6.08 Å². The fraction of sp³-hybridized carbons (Fsp3) is 0.261. The summed E-state index contributed by atoms with van der Waals surface area (Å²) < 4.78 is 5.50. The summed E-state index contributed by atoms with van der Waals surface area (Å²) in [5, 5.41) is 5.56. The molecule has 2 N–H and O–H groups in total. The van der Waals surface area contributed by atoms with Gasteiger partial charge in [-0.05, 0) is 55.8 Å². The lowest BCUT2D eigenvalue weighted by atomic mass is 10.1. The van der Waals surface area contributed by atoms with Crippen LogP contribution in [0.4, 0.5) is 5.69 Å². The van der Waals surface area contributed by atoms with Gasteiger partial charge in [-0.2, -0.15) is 0 Å². The molecule has 0 fully saturated rings. The minimum absolute atomic E-state index is 0.103. The average Bonchev–Trinajstić information content (AvgIpc) is 2.77. The van der Waals surface area contributed by atoms with Gasteiger partial charge in [0.2, 0.25) is 5.91 Å². The number of hydrogen-bond donors (Lipinski definition) is 2. The molecule has 2 aromatic carbocycles. The molecule has 7 nitrogen and oxygen atoms in total. The molecule has 0 saturated carbocycles. The third-order valence-electron chi connectivity index (χ3n) is 4.49. The van der Waals surface area contributed by atoms with Crippen molar-refractivity contribution in [2.45, 2.75) is 13.8 Å². The SMILES string of the molecule is CCN(CC)C(=O)COc1ccc(NC(=O)/C=C/c2ccc(C(=O)NC)cc2)cc1Cl. The third kappa shape index (κ3) is 7.15. The molecule has 2 aromatic rings. The normalized spacial score (nSPS) is 10.6. The van der Waals surface area contributed by atoms with E-state index < -0.39 is 0 Å². The smallest absolute Gasteiger partial charge is 0.260 e. The Morgan fingerprint density at radius 3 is 2.32 bits per heavy atom. The number of nitrogens with one attached hydrogen (secondary N) is 2. The maximum atomic E-state index is 12.2. The maximum Gasteiger partial charge on any atom is 0.260 e. The third-order valence-corrected chi connectivity index (χ3v) is 4.79. The fourth-order valence-electron chi connectivity index (χ4n) is 2.75. The lowest BCUT2D eigenvalue weighted by Crippen LogP contribution is -2.34. The highest BCUT2D eigenvalue weighted by Crippen LogP contribution is 2.27. The first-order chi connectivity index (χ1) is 14.9. The summed E-state index contributed by atoms with van der Waals surface area (Å²) in [6.45, 7) is 4.93. The predicted octanol–water partition coefficient (Wildman–Crippen LogP) is 3.60. The van der Waals surface area contributed by atoms with E-state index in [4.69, 9.17) is 16.3 Å². The first kappa shape index (κ1) is 24.0. The number of hydrogen-bond acceptors (Lipinski definition) is 4. The molecule has 8 heteroatoms. The minimum atomic E-state index is -0.336. The van der Waals surface area contributed by atoms with Crippen LogP contribution in [0.5, 0.6) is 5.75 Å². The van der Waals surface area contributed by atoms with Crippen molar-refractivity contribution >= 4 is 41.1 Å². The summed E-state index contributed by atoms with van der Waals surface area (Å²) in [6, 6.07) is 11.7. The second kappa shape index (κ2) is 11.8. The lowest BCUT2D eigenvalue weighted by molar-refractivity contribution is -0.133. The number of benzene rings is 2. The van der Waals surface area contributed by atoms with Gasteiger partial charge in [-0.3, -0.25) is 14.4 Å². The number of rotatable bonds is 9. The molecule has 31 heavy (non-hydrogen) atoms. The van der Waals surface area contributed by atoms with Crippen LogP contribution in [-0.4, -0.2) is 49.4 Å². The fourth-order valence-corrected chi connectivity index (χ4v) is 2.98. The number of nitrogens with zero attached hydrogens (tertiary/aromatic N) is 1. The first-order valence-electron chi connectivity index (χ1n) is 9.89. The number of carbonyl (C=O) groups excluding carboxylic acids is 3. The Bertz CT molecular complexity index is 954. The molecule has 0 aliphatic heterocycles. The van der Waals surface area contributed by atoms with Crippen LogP contribution >= 0.6 is 11.6 Å². The van der Waals surface area contributed by atoms with E-state index in [9.17, 15) is 14.4 Å². The molecule has 0 aromatic heterocycles. The van der Waals surface area contributed by atoms with E-state index in [1.54, 1.807) is 60.5 Å². The van der Waals surface area contributed by atoms with E-state index in [1.165, 1.54) is 6.08 Å². The van der Waals surface area contributed by atoms with Gasteiger partial charge in [0, 0.05) is 37.5 Å².